The minimum absolute atomic E-state index is 0.250. The number of carbonyl (C=O) groups is 1. The number of hydrogen-bond acceptors (Lipinski definition) is 4. The van der Waals surface area contributed by atoms with Crippen LogP contribution in [-0.2, 0) is 11.3 Å². The SMILES string of the molecule is COC(=O)NN=Cc1cccc(OCc2c(Cl)cccc2Cl)c1. The van der Waals surface area contributed by atoms with Crippen LogP contribution in [-0.4, -0.2) is 19.4 Å². The highest BCUT2D eigenvalue weighted by Gasteiger charge is 2.06. The lowest BCUT2D eigenvalue weighted by molar-refractivity contribution is 0.171. The lowest BCUT2D eigenvalue weighted by Gasteiger charge is -2.09. The van der Waals surface area contributed by atoms with Gasteiger partial charge in [-0.25, -0.2) is 10.2 Å². The van der Waals surface area contributed by atoms with Gasteiger partial charge < -0.3 is 9.47 Å². The quantitative estimate of drug-likeness (QED) is 0.645. The fraction of sp³-hybridized carbons (Fsp3) is 0.125. The molecule has 2 rings (SSSR count). The second-order valence-corrected chi connectivity index (χ2v) is 5.24. The molecule has 23 heavy (non-hydrogen) atoms. The molecule has 0 atom stereocenters. The van der Waals surface area contributed by atoms with Gasteiger partial charge in [0.25, 0.3) is 0 Å². The van der Waals surface area contributed by atoms with Crippen molar-refractivity contribution in [1.82, 2.24) is 5.43 Å². The van der Waals surface area contributed by atoms with Crippen molar-refractivity contribution in [3.05, 3.63) is 63.6 Å². The average molecular weight is 353 g/mol. The van der Waals surface area contributed by atoms with E-state index in [1.807, 2.05) is 12.1 Å². The Morgan fingerprint density at radius 2 is 1.91 bits per heavy atom. The number of nitrogens with zero attached hydrogens (tertiary/aromatic N) is 1. The number of methoxy groups -OCH3 is 1. The number of nitrogens with one attached hydrogen (secondary N) is 1. The molecule has 0 bridgehead atoms. The summed E-state index contributed by atoms with van der Waals surface area (Å²) in [6.45, 7) is 0.250. The van der Waals surface area contributed by atoms with Crippen LogP contribution >= 0.6 is 23.2 Å². The Hall–Kier alpha value is -2.24. The molecule has 2 aromatic rings. The van der Waals surface area contributed by atoms with Gasteiger partial charge in [-0.2, -0.15) is 5.10 Å². The van der Waals surface area contributed by atoms with Crippen molar-refractivity contribution in [2.45, 2.75) is 6.61 Å². The number of amides is 1. The molecule has 1 N–H and O–H groups in total. The molecule has 120 valence electrons. The first-order valence-electron chi connectivity index (χ1n) is 6.63. The Morgan fingerprint density at radius 1 is 1.22 bits per heavy atom. The third-order valence-electron chi connectivity index (χ3n) is 2.86. The van der Waals surface area contributed by atoms with Crippen molar-refractivity contribution in [1.29, 1.82) is 0 Å². The van der Waals surface area contributed by atoms with Crippen LogP contribution in [0.3, 0.4) is 0 Å². The summed E-state index contributed by atoms with van der Waals surface area (Å²) in [4.78, 5) is 10.9. The van der Waals surface area contributed by atoms with Crippen molar-refractivity contribution in [3.8, 4) is 5.75 Å². The lowest BCUT2D eigenvalue weighted by atomic mass is 10.2. The second-order valence-electron chi connectivity index (χ2n) is 4.42. The maximum atomic E-state index is 10.9. The van der Waals surface area contributed by atoms with E-state index in [9.17, 15) is 4.79 Å². The fourth-order valence-corrected chi connectivity index (χ4v) is 2.22. The molecule has 5 nitrogen and oxygen atoms in total. The summed E-state index contributed by atoms with van der Waals surface area (Å²) in [7, 11) is 1.26. The van der Waals surface area contributed by atoms with Gasteiger partial charge in [-0.1, -0.05) is 41.4 Å². The average Bonchev–Trinajstić information content (AvgIpc) is 2.54. The van der Waals surface area contributed by atoms with Crippen LogP contribution in [0.4, 0.5) is 4.79 Å². The van der Waals surface area contributed by atoms with Gasteiger partial charge in [-0.15, -0.1) is 0 Å². The van der Waals surface area contributed by atoms with Gasteiger partial charge in [-0.3, -0.25) is 0 Å². The molecule has 0 saturated heterocycles. The van der Waals surface area contributed by atoms with Crippen LogP contribution in [0.5, 0.6) is 5.75 Å². The third kappa shape index (κ3) is 5.16. The van der Waals surface area contributed by atoms with Gasteiger partial charge in [0.05, 0.1) is 13.3 Å². The van der Waals surface area contributed by atoms with Crippen LogP contribution < -0.4 is 10.2 Å². The Bertz CT molecular complexity index is 700. The zero-order chi connectivity index (χ0) is 16.7. The van der Waals surface area contributed by atoms with E-state index >= 15 is 0 Å². The van der Waals surface area contributed by atoms with E-state index in [0.29, 0.717) is 15.8 Å². The van der Waals surface area contributed by atoms with Gasteiger partial charge in [-0.05, 0) is 29.8 Å². The van der Waals surface area contributed by atoms with E-state index in [2.05, 4.69) is 15.3 Å². The first-order chi connectivity index (χ1) is 11.1. The normalized spacial score (nSPS) is 10.6. The van der Waals surface area contributed by atoms with Gasteiger partial charge in [0.2, 0.25) is 0 Å². The van der Waals surface area contributed by atoms with E-state index < -0.39 is 6.09 Å². The molecule has 0 radical (unpaired) electrons. The van der Waals surface area contributed by atoms with E-state index in [0.717, 1.165) is 11.1 Å². The van der Waals surface area contributed by atoms with Crippen LogP contribution in [0.25, 0.3) is 0 Å². The molecule has 0 aromatic heterocycles. The molecule has 7 heteroatoms. The highest BCUT2D eigenvalue weighted by atomic mass is 35.5. The molecule has 0 aliphatic rings. The van der Waals surface area contributed by atoms with Gasteiger partial charge in [0.15, 0.2) is 0 Å². The van der Waals surface area contributed by atoms with E-state index in [4.69, 9.17) is 27.9 Å². The smallest absolute Gasteiger partial charge is 0.427 e. The molecule has 0 saturated carbocycles. The summed E-state index contributed by atoms with van der Waals surface area (Å²) >= 11 is 12.2. The number of carbonyl (C=O) groups excluding carboxylic acids is 1. The standard InChI is InChI=1S/C16H14Cl2N2O3/c1-22-16(21)20-19-9-11-4-2-5-12(8-11)23-10-13-14(17)6-3-7-15(13)18/h2-9H,10H2,1H3,(H,20,21). The van der Waals surface area contributed by atoms with Crippen LogP contribution in [0.1, 0.15) is 11.1 Å². The van der Waals surface area contributed by atoms with Crippen molar-refractivity contribution < 1.29 is 14.3 Å². The number of halogens is 2. The van der Waals surface area contributed by atoms with Crippen molar-refractivity contribution in [2.24, 2.45) is 5.10 Å². The number of hydrogen-bond donors (Lipinski definition) is 1. The van der Waals surface area contributed by atoms with Crippen molar-refractivity contribution in [3.63, 3.8) is 0 Å². The van der Waals surface area contributed by atoms with Gasteiger partial charge in [0.1, 0.15) is 12.4 Å². The molecule has 0 unspecified atom stereocenters. The number of ether oxygens (including phenoxy) is 2. The summed E-state index contributed by atoms with van der Waals surface area (Å²) in [5.41, 5.74) is 3.68. The molecule has 0 aliphatic heterocycles. The van der Waals surface area contributed by atoms with Crippen LogP contribution in [0, 0.1) is 0 Å². The topological polar surface area (TPSA) is 59.9 Å². The Morgan fingerprint density at radius 3 is 2.61 bits per heavy atom. The Balaban J connectivity index is 2.01. The molecular formula is C16H14Cl2N2O3. The summed E-state index contributed by atoms with van der Waals surface area (Å²) in [5, 5.41) is 4.86. The fourth-order valence-electron chi connectivity index (χ4n) is 1.72. The highest BCUT2D eigenvalue weighted by molar-refractivity contribution is 6.35. The highest BCUT2D eigenvalue weighted by Crippen LogP contribution is 2.25. The van der Waals surface area contributed by atoms with Gasteiger partial charge in [0, 0.05) is 15.6 Å². The first-order valence-corrected chi connectivity index (χ1v) is 7.38. The largest absolute Gasteiger partial charge is 0.489 e. The first kappa shape index (κ1) is 17.1. The predicted octanol–water partition coefficient (Wildman–Crippen LogP) is 4.26. The summed E-state index contributed by atoms with van der Waals surface area (Å²) in [6.07, 6.45) is 0.841. The molecule has 0 fully saturated rings. The number of hydrazone groups is 1. The van der Waals surface area contributed by atoms with E-state index in [-0.39, 0.29) is 6.61 Å². The lowest BCUT2D eigenvalue weighted by Crippen LogP contribution is -2.16. The Kier molecular flexibility index (Phi) is 6.26. The van der Waals surface area contributed by atoms with Crippen LogP contribution in [0.15, 0.2) is 47.6 Å². The minimum Gasteiger partial charge on any atom is -0.489 e. The molecule has 1 amide bonds. The molecule has 0 heterocycles. The second kappa shape index (κ2) is 8.41. The Labute approximate surface area is 143 Å². The summed E-state index contributed by atoms with van der Waals surface area (Å²) in [6, 6.07) is 12.5. The summed E-state index contributed by atoms with van der Waals surface area (Å²) in [5.74, 6) is 0.628. The minimum atomic E-state index is -0.637. The third-order valence-corrected chi connectivity index (χ3v) is 3.57. The molecule has 0 aliphatic carbocycles. The van der Waals surface area contributed by atoms with Gasteiger partial charge >= 0.3 is 6.09 Å². The van der Waals surface area contributed by atoms with Crippen molar-refractivity contribution >= 4 is 35.5 Å². The zero-order valence-electron chi connectivity index (χ0n) is 12.3. The van der Waals surface area contributed by atoms with Crippen molar-refractivity contribution in [2.75, 3.05) is 7.11 Å². The maximum absolute atomic E-state index is 10.9. The molecule has 0 spiro atoms. The van der Waals surface area contributed by atoms with E-state index in [1.54, 1.807) is 30.3 Å². The number of rotatable bonds is 5. The summed E-state index contributed by atoms with van der Waals surface area (Å²) < 4.78 is 10.1. The number of benzene rings is 2. The zero-order valence-corrected chi connectivity index (χ0v) is 13.8. The monoisotopic (exact) mass is 352 g/mol. The molecule has 2 aromatic carbocycles. The van der Waals surface area contributed by atoms with E-state index in [1.165, 1.54) is 13.3 Å². The molecular weight excluding hydrogens is 339 g/mol. The predicted molar refractivity (Wildman–Crippen MR) is 90.4 cm³/mol. The maximum Gasteiger partial charge on any atom is 0.427 e. The van der Waals surface area contributed by atoms with Crippen LogP contribution in [0.2, 0.25) is 10.0 Å².